The number of benzene rings is 2. The predicted molar refractivity (Wildman–Crippen MR) is 138 cm³/mol. The second-order valence-corrected chi connectivity index (χ2v) is 12.2. The van der Waals surface area contributed by atoms with Gasteiger partial charge in [0.05, 0.1) is 17.0 Å². The SMILES string of the molecule is COc1ccc(NC(=O)C2CCN(S(=O)(=O)c3ccc4c(c3)C[C@@H](C)N4C(=O)C3CC3)CC2)cc1Cl. The summed E-state index contributed by atoms with van der Waals surface area (Å²) in [5.41, 5.74) is 2.29. The lowest BCUT2D eigenvalue weighted by Gasteiger charge is -2.30. The zero-order chi connectivity index (χ0) is 25.6. The Balaban J connectivity index is 1.23. The van der Waals surface area contributed by atoms with Crippen LogP contribution in [0, 0.1) is 11.8 Å². The van der Waals surface area contributed by atoms with Gasteiger partial charge in [-0.3, -0.25) is 9.59 Å². The first-order chi connectivity index (χ1) is 17.2. The normalized spacial score (nSPS) is 20.8. The highest BCUT2D eigenvalue weighted by molar-refractivity contribution is 7.89. The Labute approximate surface area is 216 Å². The first-order valence-corrected chi connectivity index (χ1v) is 14.1. The number of rotatable bonds is 6. The van der Waals surface area contributed by atoms with Gasteiger partial charge in [-0.1, -0.05) is 11.6 Å². The Bertz CT molecular complexity index is 1300. The minimum Gasteiger partial charge on any atom is -0.495 e. The van der Waals surface area contributed by atoms with Crippen molar-refractivity contribution >= 4 is 44.8 Å². The van der Waals surface area contributed by atoms with E-state index >= 15 is 0 Å². The number of ether oxygens (including phenoxy) is 1. The maximum atomic E-state index is 13.4. The van der Waals surface area contributed by atoms with E-state index in [9.17, 15) is 18.0 Å². The standard InChI is InChI=1S/C26H30ClN3O5S/c1-16-13-19-14-21(6-7-23(19)30(16)26(32)18-3-4-18)36(33,34)29-11-9-17(10-12-29)25(31)28-20-5-8-24(35-2)22(27)15-20/h5-8,14-18H,3-4,9-13H2,1-2H3,(H,28,31)/t16-/m1/s1. The molecule has 10 heteroatoms. The number of piperidine rings is 1. The molecule has 3 aliphatic rings. The van der Waals surface area contributed by atoms with E-state index in [1.165, 1.54) is 11.4 Å². The molecule has 1 N–H and O–H groups in total. The molecule has 0 unspecified atom stereocenters. The minimum absolute atomic E-state index is 0.0286. The van der Waals surface area contributed by atoms with E-state index in [0.29, 0.717) is 35.7 Å². The molecule has 2 fully saturated rings. The quantitative estimate of drug-likeness (QED) is 0.606. The zero-order valence-corrected chi connectivity index (χ0v) is 21.9. The smallest absolute Gasteiger partial charge is 0.243 e. The van der Waals surface area contributed by atoms with E-state index < -0.39 is 10.0 Å². The molecule has 0 spiro atoms. The zero-order valence-electron chi connectivity index (χ0n) is 20.4. The van der Waals surface area contributed by atoms with Crippen LogP contribution in [0.3, 0.4) is 0 Å². The van der Waals surface area contributed by atoms with E-state index in [4.69, 9.17) is 16.3 Å². The molecule has 0 bridgehead atoms. The number of methoxy groups -OCH3 is 1. The molecule has 0 radical (unpaired) electrons. The molecule has 1 atom stereocenters. The number of hydrogen-bond donors (Lipinski definition) is 1. The second kappa shape index (κ2) is 9.68. The number of fused-ring (bicyclic) bond motifs is 1. The van der Waals surface area contributed by atoms with Crippen LogP contribution in [-0.2, 0) is 26.0 Å². The number of halogens is 1. The molecule has 2 aliphatic heterocycles. The van der Waals surface area contributed by atoms with Crippen LogP contribution in [-0.4, -0.2) is 50.8 Å². The Morgan fingerprint density at radius 2 is 1.75 bits per heavy atom. The third kappa shape index (κ3) is 4.71. The molecular formula is C26H30ClN3O5S. The summed E-state index contributed by atoms with van der Waals surface area (Å²) in [7, 11) is -2.17. The molecule has 0 aromatic heterocycles. The van der Waals surface area contributed by atoms with Gasteiger partial charge < -0.3 is 15.0 Å². The molecule has 8 nitrogen and oxygen atoms in total. The van der Waals surface area contributed by atoms with Gasteiger partial charge in [0.15, 0.2) is 0 Å². The number of carbonyl (C=O) groups excluding carboxylic acids is 2. The summed E-state index contributed by atoms with van der Waals surface area (Å²) in [6.07, 6.45) is 3.38. The van der Waals surface area contributed by atoms with E-state index in [2.05, 4.69) is 5.32 Å². The van der Waals surface area contributed by atoms with Crippen molar-refractivity contribution in [3.05, 3.63) is 47.0 Å². The largest absolute Gasteiger partial charge is 0.495 e. The Kier molecular flexibility index (Phi) is 6.74. The highest BCUT2D eigenvalue weighted by Crippen LogP contribution is 2.40. The molecule has 1 aliphatic carbocycles. The van der Waals surface area contributed by atoms with Gasteiger partial charge in [0, 0.05) is 42.3 Å². The summed E-state index contributed by atoms with van der Waals surface area (Å²) in [6.45, 7) is 2.54. The number of anilines is 2. The van der Waals surface area contributed by atoms with Crippen molar-refractivity contribution in [1.29, 1.82) is 0 Å². The number of carbonyl (C=O) groups is 2. The third-order valence-electron chi connectivity index (χ3n) is 7.31. The molecule has 36 heavy (non-hydrogen) atoms. The molecule has 5 rings (SSSR count). The molecule has 2 amide bonds. The van der Waals surface area contributed by atoms with Crippen molar-refractivity contribution in [2.45, 2.75) is 50.0 Å². The van der Waals surface area contributed by atoms with Crippen LogP contribution in [0.4, 0.5) is 11.4 Å². The maximum Gasteiger partial charge on any atom is 0.243 e. The topological polar surface area (TPSA) is 96.0 Å². The lowest BCUT2D eigenvalue weighted by Crippen LogP contribution is -2.41. The van der Waals surface area contributed by atoms with Crippen LogP contribution < -0.4 is 15.0 Å². The van der Waals surface area contributed by atoms with Gasteiger partial charge in [0.2, 0.25) is 21.8 Å². The average molecular weight is 532 g/mol. The Morgan fingerprint density at radius 1 is 1.03 bits per heavy atom. The average Bonchev–Trinajstić information content (AvgIpc) is 3.65. The highest BCUT2D eigenvalue weighted by atomic mass is 35.5. The van der Waals surface area contributed by atoms with Crippen molar-refractivity contribution in [2.75, 3.05) is 30.4 Å². The Hall–Kier alpha value is -2.62. The summed E-state index contributed by atoms with van der Waals surface area (Å²) in [6, 6.07) is 10.2. The fourth-order valence-electron chi connectivity index (χ4n) is 5.13. The third-order valence-corrected chi connectivity index (χ3v) is 9.50. The Morgan fingerprint density at radius 3 is 2.39 bits per heavy atom. The van der Waals surface area contributed by atoms with Crippen LogP contribution in [0.1, 0.15) is 38.2 Å². The first kappa shape index (κ1) is 25.0. The number of hydrogen-bond acceptors (Lipinski definition) is 5. The van der Waals surface area contributed by atoms with Gasteiger partial charge in [-0.15, -0.1) is 0 Å². The number of nitrogens with one attached hydrogen (secondary N) is 1. The summed E-state index contributed by atoms with van der Waals surface area (Å²) in [5, 5.41) is 3.27. The van der Waals surface area contributed by atoms with Crippen LogP contribution in [0.2, 0.25) is 5.02 Å². The van der Waals surface area contributed by atoms with Crippen molar-refractivity contribution < 1.29 is 22.7 Å². The molecular weight excluding hydrogens is 502 g/mol. The van der Waals surface area contributed by atoms with Gasteiger partial charge in [-0.25, -0.2) is 8.42 Å². The van der Waals surface area contributed by atoms with Gasteiger partial charge in [0.25, 0.3) is 0 Å². The molecule has 192 valence electrons. The van der Waals surface area contributed by atoms with Gasteiger partial charge in [-0.2, -0.15) is 4.31 Å². The van der Waals surface area contributed by atoms with E-state index in [1.807, 2.05) is 11.8 Å². The van der Waals surface area contributed by atoms with Crippen molar-refractivity contribution in [3.8, 4) is 5.75 Å². The predicted octanol–water partition coefficient (Wildman–Crippen LogP) is 4.08. The molecule has 2 aromatic rings. The fraction of sp³-hybridized carbons (Fsp3) is 0.462. The lowest BCUT2D eigenvalue weighted by molar-refractivity contribution is -0.121. The van der Waals surface area contributed by atoms with E-state index in [1.54, 1.807) is 36.4 Å². The summed E-state index contributed by atoms with van der Waals surface area (Å²) in [5.74, 6) is 0.341. The number of nitrogens with zero attached hydrogens (tertiary/aromatic N) is 2. The number of sulfonamides is 1. The molecule has 1 saturated carbocycles. The van der Waals surface area contributed by atoms with Crippen LogP contribution >= 0.6 is 11.6 Å². The van der Waals surface area contributed by atoms with Gasteiger partial charge in [0.1, 0.15) is 5.75 Å². The van der Waals surface area contributed by atoms with E-state index in [0.717, 1.165) is 24.1 Å². The van der Waals surface area contributed by atoms with Crippen molar-refractivity contribution in [1.82, 2.24) is 4.31 Å². The summed E-state index contributed by atoms with van der Waals surface area (Å²) >= 11 is 6.14. The number of amides is 2. The molecule has 1 saturated heterocycles. The monoisotopic (exact) mass is 531 g/mol. The summed E-state index contributed by atoms with van der Waals surface area (Å²) in [4.78, 5) is 27.6. The van der Waals surface area contributed by atoms with Crippen molar-refractivity contribution in [2.24, 2.45) is 11.8 Å². The fourth-order valence-corrected chi connectivity index (χ4v) is 6.91. The maximum absolute atomic E-state index is 13.4. The first-order valence-electron chi connectivity index (χ1n) is 12.3. The molecule has 2 heterocycles. The van der Waals surface area contributed by atoms with Crippen molar-refractivity contribution in [3.63, 3.8) is 0 Å². The van der Waals surface area contributed by atoms with Crippen LogP contribution in [0.5, 0.6) is 5.75 Å². The minimum atomic E-state index is -3.70. The van der Waals surface area contributed by atoms with E-state index in [-0.39, 0.29) is 47.7 Å². The van der Waals surface area contributed by atoms with Gasteiger partial charge >= 0.3 is 0 Å². The molecule has 2 aromatic carbocycles. The van der Waals surface area contributed by atoms with Crippen LogP contribution in [0.15, 0.2) is 41.3 Å². The second-order valence-electron chi connectivity index (χ2n) is 9.84. The summed E-state index contributed by atoms with van der Waals surface area (Å²) < 4.78 is 33.4. The highest BCUT2D eigenvalue weighted by Gasteiger charge is 2.40. The van der Waals surface area contributed by atoms with Crippen LogP contribution in [0.25, 0.3) is 0 Å². The lowest BCUT2D eigenvalue weighted by atomic mass is 9.97. The van der Waals surface area contributed by atoms with Gasteiger partial charge in [-0.05, 0) is 81.0 Å².